The molecule has 0 saturated carbocycles. The molecule has 0 aliphatic carbocycles. The van der Waals surface area contributed by atoms with E-state index in [1.807, 2.05) is 30.3 Å². The molecule has 4 N–H and O–H groups in total. The van der Waals surface area contributed by atoms with Gasteiger partial charge < -0.3 is 20.8 Å². The van der Waals surface area contributed by atoms with E-state index in [1.165, 1.54) is 23.8 Å². The number of para-hydroxylation sites is 1. The summed E-state index contributed by atoms with van der Waals surface area (Å²) in [5.41, 5.74) is 1.24. The quantitative estimate of drug-likeness (QED) is 0.480. The van der Waals surface area contributed by atoms with E-state index in [9.17, 15) is 15.0 Å². The third kappa shape index (κ3) is 4.22. The predicted octanol–water partition coefficient (Wildman–Crippen LogP) is 1.62. The Labute approximate surface area is 123 Å². The molecule has 2 rings (SSSR count). The number of phenols is 2. The maximum Gasteiger partial charge on any atom is 0.255 e. The first-order valence-corrected chi connectivity index (χ1v) is 6.72. The number of phenolic OH excluding ortho intramolecular Hbond substituents is 2. The smallest absolute Gasteiger partial charge is 0.255 e. The second-order valence-electron chi connectivity index (χ2n) is 4.59. The lowest BCUT2D eigenvalue weighted by molar-refractivity contribution is 0.0950. The van der Waals surface area contributed by atoms with Gasteiger partial charge in [-0.25, -0.2) is 0 Å². The number of carbonyl (C=O) groups is 1. The molecule has 0 unspecified atom stereocenters. The molecule has 0 aliphatic rings. The molecular formula is C16H18N2O3. The fourth-order valence-corrected chi connectivity index (χ4v) is 1.90. The van der Waals surface area contributed by atoms with Crippen molar-refractivity contribution in [2.45, 2.75) is 6.54 Å². The monoisotopic (exact) mass is 286 g/mol. The standard InChI is InChI=1S/C16H18N2O3/c19-14-8-4-7-13(15(14)20)16(21)18-10-9-17-11-12-5-2-1-3-6-12/h1-8,17,19-20H,9-11H2,(H,18,21). The molecular weight excluding hydrogens is 268 g/mol. The number of aromatic hydroxyl groups is 2. The zero-order chi connectivity index (χ0) is 15.1. The molecule has 0 fully saturated rings. The molecule has 21 heavy (non-hydrogen) atoms. The summed E-state index contributed by atoms with van der Waals surface area (Å²) in [6.45, 7) is 1.77. The summed E-state index contributed by atoms with van der Waals surface area (Å²) in [7, 11) is 0. The Bertz CT molecular complexity index is 600. The van der Waals surface area contributed by atoms with Gasteiger partial charge in [0.05, 0.1) is 5.56 Å². The van der Waals surface area contributed by atoms with E-state index in [-0.39, 0.29) is 11.3 Å². The van der Waals surface area contributed by atoms with Gasteiger partial charge in [-0.1, -0.05) is 36.4 Å². The Hall–Kier alpha value is -2.53. The van der Waals surface area contributed by atoms with Crippen LogP contribution in [-0.4, -0.2) is 29.2 Å². The van der Waals surface area contributed by atoms with Crippen LogP contribution in [-0.2, 0) is 6.54 Å². The van der Waals surface area contributed by atoms with Crippen molar-refractivity contribution in [2.75, 3.05) is 13.1 Å². The minimum absolute atomic E-state index is 0.0676. The van der Waals surface area contributed by atoms with Crippen LogP contribution >= 0.6 is 0 Å². The summed E-state index contributed by atoms with van der Waals surface area (Å²) in [5, 5.41) is 24.8. The Morgan fingerprint density at radius 1 is 0.952 bits per heavy atom. The van der Waals surface area contributed by atoms with Gasteiger partial charge >= 0.3 is 0 Å². The lowest BCUT2D eigenvalue weighted by Gasteiger charge is -2.08. The highest BCUT2D eigenvalue weighted by Crippen LogP contribution is 2.27. The summed E-state index contributed by atoms with van der Waals surface area (Å²) >= 11 is 0. The summed E-state index contributed by atoms with van der Waals surface area (Å²) in [6, 6.07) is 14.3. The van der Waals surface area contributed by atoms with Crippen molar-refractivity contribution in [1.29, 1.82) is 0 Å². The zero-order valence-electron chi connectivity index (χ0n) is 11.5. The summed E-state index contributed by atoms with van der Waals surface area (Å²) in [4.78, 5) is 11.8. The van der Waals surface area contributed by atoms with Crippen LogP contribution in [0.2, 0.25) is 0 Å². The molecule has 1 amide bonds. The first kappa shape index (κ1) is 14.9. The van der Waals surface area contributed by atoms with E-state index < -0.39 is 11.7 Å². The summed E-state index contributed by atoms with van der Waals surface area (Å²) in [5.74, 6) is -1.11. The van der Waals surface area contributed by atoms with Gasteiger partial charge in [0.25, 0.3) is 5.91 Å². The molecule has 0 spiro atoms. The third-order valence-electron chi connectivity index (χ3n) is 3.02. The van der Waals surface area contributed by atoms with E-state index in [2.05, 4.69) is 10.6 Å². The normalized spacial score (nSPS) is 10.3. The molecule has 0 radical (unpaired) electrons. The molecule has 110 valence electrons. The van der Waals surface area contributed by atoms with E-state index >= 15 is 0 Å². The van der Waals surface area contributed by atoms with Crippen molar-refractivity contribution in [2.24, 2.45) is 0 Å². The van der Waals surface area contributed by atoms with Crippen molar-refractivity contribution in [1.82, 2.24) is 10.6 Å². The van der Waals surface area contributed by atoms with Gasteiger partial charge in [0.1, 0.15) is 0 Å². The van der Waals surface area contributed by atoms with Crippen molar-refractivity contribution in [3.63, 3.8) is 0 Å². The lowest BCUT2D eigenvalue weighted by atomic mass is 10.1. The Kier molecular flexibility index (Phi) is 5.17. The zero-order valence-corrected chi connectivity index (χ0v) is 11.5. The molecule has 2 aromatic rings. The SMILES string of the molecule is O=C(NCCNCc1ccccc1)c1cccc(O)c1O. The topological polar surface area (TPSA) is 81.6 Å². The van der Waals surface area contributed by atoms with E-state index in [1.54, 1.807) is 0 Å². The number of carbonyl (C=O) groups excluding carboxylic acids is 1. The molecule has 0 saturated heterocycles. The van der Waals surface area contributed by atoms with Crippen LogP contribution in [0.15, 0.2) is 48.5 Å². The van der Waals surface area contributed by atoms with Crippen LogP contribution in [0.1, 0.15) is 15.9 Å². The predicted molar refractivity (Wildman–Crippen MR) is 80.3 cm³/mol. The lowest BCUT2D eigenvalue weighted by Crippen LogP contribution is -2.31. The number of hydrogen-bond acceptors (Lipinski definition) is 4. The maximum absolute atomic E-state index is 11.8. The number of nitrogens with one attached hydrogen (secondary N) is 2. The number of amides is 1. The van der Waals surface area contributed by atoms with Crippen LogP contribution < -0.4 is 10.6 Å². The first-order chi connectivity index (χ1) is 10.2. The van der Waals surface area contributed by atoms with E-state index in [4.69, 9.17) is 0 Å². The molecule has 0 bridgehead atoms. The van der Waals surface area contributed by atoms with Crippen molar-refractivity contribution >= 4 is 5.91 Å². The molecule has 0 aliphatic heterocycles. The molecule has 0 aromatic heterocycles. The molecule has 0 atom stereocenters. The minimum Gasteiger partial charge on any atom is -0.504 e. The Morgan fingerprint density at radius 2 is 1.71 bits per heavy atom. The van der Waals surface area contributed by atoms with Gasteiger partial charge in [0.2, 0.25) is 0 Å². The number of hydrogen-bond donors (Lipinski definition) is 4. The first-order valence-electron chi connectivity index (χ1n) is 6.72. The van der Waals surface area contributed by atoms with Crippen LogP contribution in [0.3, 0.4) is 0 Å². The van der Waals surface area contributed by atoms with Crippen molar-refractivity contribution in [3.05, 3.63) is 59.7 Å². The summed E-state index contributed by atoms with van der Waals surface area (Å²) in [6.07, 6.45) is 0. The molecule has 2 aromatic carbocycles. The highest BCUT2D eigenvalue weighted by Gasteiger charge is 2.12. The molecule has 5 heteroatoms. The molecule has 0 heterocycles. The third-order valence-corrected chi connectivity index (χ3v) is 3.02. The van der Waals surface area contributed by atoms with Crippen LogP contribution in [0.25, 0.3) is 0 Å². The number of benzene rings is 2. The highest BCUT2D eigenvalue weighted by molar-refractivity contribution is 5.97. The van der Waals surface area contributed by atoms with Gasteiger partial charge in [0.15, 0.2) is 11.5 Å². The molecule has 5 nitrogen and oxygen atoms in total. The average Bonchev–Trinajstić information content (AvgIpc) is 2.50. The second-order valence-corrected chi connectivity index (χ2v) is 4.59. The largest absolute Gasteiger partial charge is 0.504 e. The van der Waals surface area contributed by atoms with Gasteiger partial charge in [-0.15, -0.1) is 0 Å². The van der Waals surface area contributed by atoms with Gasteiger partial charge in [0, 0.05) is 19.6 Å². The van der Waals surface area contributed by atoms with E-state index in [0.717, 1.165) is 6.54 Å². The van der Waals surface area contributed by atoms with Crippen molar-refractivity contribution < 1.29 is 15.0 Å². The van der Waals surface area contributed by atoms with Gasteiger partial charge in [-0.3, -0.25) is 4.79 Å². The van der Waals surface area contributed by atoms with Crippen LogP contribution in [0, 0.1) is 0 Å². The second kappa shape index (κ2) is 7.31. The maximum atomic E-state index is 11.8. The average molecular weight is 286 g/mol. The van der Waals surface area contributed by atoms with E-state index in [0.29, 0.717) is 13.1 Å². The van der Waals surface area contributed by atoms with Gasteiger partial charge in [-0.2, -0.15) is 0 Å². The van der Waals surface area contributed by atoms with Crippen molar-refractivity contribution in [3.8, 4) is 11.5 Å². The van der Waals surface area contributed by atoms with Gasteiger partial charge in [-0.05, 0) is 17.7 Å². The Balaban J connectivity index is 1.73. The highest BCUT2D eigenvalue weighted by atomic mass is 16.3. The fourth-order valence-electron chi connectivity index (χ4n) is 1.90. The summed E-state index contributed by atoms with van der Waals surface area (Å²) < 4.78 is 0. The van der Waals surface area contributed by atoms with Crippen LogP contribution in [0.5, 0.6) is 11.5 Å². The Morgan fingerprint density at radius 3 is 2.48 bits per heavy atom. The van der Waals surface area contributed by atoms with Crippen LogP contribution in [0.4, 0.5) is 0 Å². The fraction of sp³-hybridized carbons (Fsp3) is 0.188. The number of rotatable bonds is 6. The minimum atomic E-state index is -0.412.